The lowest BCUT2D eigenvalue weighted by atomic mass is 10.3. The van der Waals surface area contributed by atoms with Crippen LogP contribution < -0.4 is 5.32 Å². The standard InChI is InChI=1S/C10H23NO2S/c1-4-11-10(7-13-3)8-14-9(2)5-6-12/h9-12H,4-8H2,1-3H3. The summed E-state index contributed by atoms with van der Waals surface area (Å²) in [5.74, 6) is 1.04. The summed E-state index contributed by atoms with van der Waals surface area (Å²) in [4.78, 5) is 0. The van der Waals surface area contributed by atoms with Crippen LogP contribution in [0.2, 0.25) is 0 Å². The summed E-state index contributed by atoms with van der Waals surface area (Å²) in [6.45, 7) is 6.27. The van der Waals surface area contributed by atoms with Gasteiger partial charge < -0.3 is 15.2 Å². The predicted molar refractivity (Wildman–Crippen MR) is 63.0 cm³/mol. The van der Waals surface area contributed by atoms with E-state index in [1.807, 2.05) is 11.8 Å². The zero-order valence-electron chi connectivity index (χ0n) is 9.45. The second-order valence-corrected chi connectivity index (χ2v) is 4.84. The molecule has 14 heavy (non-hydrogen) atoms. The fourth-order valence-corrected chi connectivity index (χ4v) is 2.25. The molecular formula is C10H23NO2S. The van der Waals surface area contributed by atoms with Crippen molar-refractivity contribution in [3.05, 3.63) is 0 Å². The number of nitrogens with one attached hydrogen (secondary N) is 1. The third kappa shape index (κ3) is 7.62. The van der Waals surface area contributed by atoms with Gasteiger partial charge in [0.2, 0.25) is 0 Å². The fraction of sp³-hybridized carbons (Fsp3) is 1.00. The summed E-state index contributed by atoms with van der Waals surface area (Å²) < 4.78 is 5.12. The minimum atomic E-state index is 0.282. The monoisotopic (exact) mass is 221 g/mol. The summed E-state index contributed by atoms with van der Waals surface area (Å²) in [7, 11) is 1.73. The third-order valence-electron chi connectivity index (χ3n) is 1.98. The van der Waals surface area contributed by atoms with Crippen LogP contribution in [0.15, 0.2) is 0 Å². The Hall–Kier alpha value is 0.230. The van der Waals surface area contributed by atoms with E-state index < -0.39 is 0 Å². The highest BCUT2D eigenvalue weighted by Crippen LogP contribution is 2.14. The van der Waals surface area contributed by atoms with Crippen molar-refractivity contribution in [1.82, 2.24) is 5.32 Å². The van der Waals surface area contributed by atoms with Crippen molar-refractivity contribution in [1.29, 1.82) is 0 Å². The summed E-state index contributed by atoms with van der Waals surface area (Å²) >= 11 is 1.89. The molecule has 0 saturated heterocycles. The maximum atomic E-state index is 8.75. The normalized spacial score (nSPS) is 15.4. The average Bonchev–Trinajstić information content (AvgIpc) is 2.15. The van der Waals surface area contributed by atoms with Gasteiger partial charge in [-0.05, 0) is 13.0 Å². The summed E-state index contributed by atoms with van der Waals surface area (Å²) in [5.41, 5.74) is 0. The zero-order chi connectivity index (χ0) is 10.8. The SMILES string of the molecule is CCNC(COC)CSC(C)CCO. The van der Waals surface area contributed by atoms with Gasteiger partial charge in [-0.25, -0.2) is 0 Å². The van der Waals surface area contributed by atoms with E-state index >= 15 is 0 Å². The molecule has 4 heteroatoms. The average molecular weight is 221 g/mol. The van der Waals surface area contributed by atoms with E-state index in [2.05, 4.69) is 19.2 Å². The molecule has 0 aromatic heterocycles. The molecule has 0 amide bonds. The van der Waals surface area contributed by atoms with Crippen LogP contribution >= 0.6 is 11.8 Å². The lowest BCUT2D eigenvalue weighted by molar-refractivity contribution is 0.174. The maximum Gasteiger partial charge on any atom is 0.0623 e. The number of likely N-dealkylation sites (N-methyl/N-ethyl adjacent to an activating group) is 1. The first kappa shape index (κ1) is 14.2. The van der Waals surface area contributed by atoms with Crippen LogP contribution in [0.3, 0.4) is 0 Å². The molecule has 0 aromatic carbocycles. The van der Waals surface area contributed by atoms with E-state index in [0.717, 1.165) is 25.3 Å². The van der Waals surface area contributed by atoms with Crippen molar-refractivity contribution in [2.45, 2.75) is 31.6 Å². The van der Waals surface area contributed by atoms with Crippen LogP contribution in [-0.2, 0) is 4.74 Å². The van der Waals surface area contributed by atoms with Crippen molar-refractivity contribution in [2.24, 2.45) is 0 Å². The molecule has 0 heterocycles. The highest BCUT2D eigenvalue weighted by atomic mass is 32.2. The lowest BCUT2D eigenvalue weighted by Crippen LogP contribution is -2.35. The van der Waals surface area contributed by atoms with Gasteiger partial charge in [-0.15, -0.1) is 0 Å². The minimum Gasteiger partial charge on any atom is -0.396 e. The van der Waals surface area contributed by atoms with Gasteiger partial charge in [0.25, 0.3) is 0 Å². The molecule has 2 N–H and O–H groups in total. The Balaban J connectivity index is 3.57. The summed E-state index contributed by atoms with van der Waals surface area (Å²) in [5, 5.41) is 12.7. The van der Waals surface area contributed by atoms with Crippen LogP contribution in [0.25, 0.3) is 0 Å². The van der Waals surface area contributed by atoms with Crippen LogP contribution in [-0.4, -0.2) is 49.0 Å². The molecule has 0 radical (unpaired) electrons. The van der Waals surface area contributed by atoms with Gasteiger partial charge in [-0.1, -0.05) is 13.8 Å². The largest absolute Gasteiger partial charge is 0.396 e. The first-order valence-corrected chi connectivity index (χ1v) is 6.24. The molecule has 0 aliphatic heterocycles. The molecule has 0 rings (SSSR count). The van der Waals surface area contributed by atoms with E-state index in [1.165, 1.54) is 0 Å². The molecule has 2 atom stereocenters. The first-order valence-electron chi connectivity index (χ1n) is 5.19. The Bertz CT molecular complexity index is 119. The molecule has 86 valence electrons. The molecule has 3 nitrogen and oxygen atoms in total. The first-order chi connectivity index (χ1) is 6.74. The van der Waals surface area contributed by atoms with Crippen LogP contribution in [0, 0.1) is 0 Å². The zero-order valence-corrected chi connectivity index (χ0v) is 10.3. The Labute approximate surface area is 91.6 Å². The number of aliphatic hydroxyl groups is 1. The fourth-order valence-electron chi connectivity index (χ4n) is 1.20. The van der Waals surface area contributed by atoms with Gasteiger partial charge in [0.05, 0.1) is 6.61 Å². The second-order valence-electron chi connectivity index (χ2n) is 3.37. The van der Waals surface area contributed by atoms with Gasteiger partial charge in [-0.3, -0.25) is 0 Å². The molecule has 0 bridgehead atoms. The van der Waals surface area contributed by atoms with Crippen LogP contribution in [0.1, 0.15) is 20.3 Å². The van der Waals surface area contributed by atoms with Crippen molar-refractivity contribution >= 4 is 11.8 Å². The van der Waals surface area contributed by atoms with Gasteiger partial charge >= 0.3 is 0 Å². The number of hydrogen-bond acceptors (Lipinski definition) is 4. The molecule has 0 aliphatic rings. The van der Waals surface area contributed by atoms with Gasteiger partial charge in [0.1, 0.15) is 0 Å². The highest BCUT2D eigenvalue weighted by molar-refractivity contribution is 7.99. The molecular weight excluding hydrogens is 198 g/mol. The summed E-state index contributed by atoms with van der Waals surface area (Å²) in [6.07, 6.45) is 0.872. The molecule has 0 aliphatic carbocycles. The van der Waals surface area contributed by atoms with Crippen LogP contribution in [0.4, 0.5) is 0 Å². The van der Waals surface area contributed by atoms with E-state index in [1.54, 1.807) is 7.11 Å². The van der Waals surface area contributed by atoms with Gasteiger partial charge in [-0.2, -0.15) is 11.8 Å². The second kappa shape index (κ2) is 9.77. The van der Waals surface area contributed by atoms with E-state index in [-0.39, 0.29) is 6.61 Å². The number of hydrogen-bond donors (Lipinski definition) is 2. The van der Waals surface area contributed by atoms with E-state index in [0.29, 0.717) is 11.3 Å². The molecule has 0 saturated carbocycles. The Morgan fingerprint density at radius 3 is 2.71 bits per heavy atom. The van der Waals surface area contributed by atoms with Crippen molar-refractivity contribution < 1.29 is 9.84 Å². The molecule has 0 aromatic rings. The molecule has 0 spiro atoms. The topological polar surface area (TPSA) is 41.5 Å². The molecule has 0 fully saturated rings. The minimum absolute atomic E-state index is 0.282. The highest BCUT2D eigenvalue weighted by Gasteiger charge is 2.09. The van der Waals surface area contributed by atoms with Gasteiger partial charge in [0, 0.05) is 30.8 Å². The Morgan fingerprint density at radius 1 is 1.50 bits per heavy atom. The van der Waals surface area contributed by atoms with Crippen LogP contribution in [0.5, 0.6) is 0 Å². The lowest BCUT2D eigenvalue weighted by Gasteiger charge is -2.18. The van der Waals surface area contributed by atoms with E-state index in [9.17, 15) is 0 Å². The number of thioether (sulfide) groups is 1. The smallest absolute Gasteiger partial charge is 0.0623 e. The quantitative estimate of drug-likeness (QED) is 0.612. The number of aliphatic hydroxyl groups excluding tert-OH is 1. The Kier molecular flexibility index (Phi) is 9.93. The number of ether oxygens (including phenoxy) is 1. The van der Waals surface area contributed by atoms with Crippen molar-refractivity contribution in [3.8, 4) is 0 Å². The number of rotatable bonds is 9. The van der Waals surface area contributed by atoms with Gasteiger partial charge in [0.15, 0.2) is 0 Å². The third-order valence-corrected chi connectivity index (χ3v) is 3.38. The maximum absolute atomic E-state index is 8.75. The predicted octanol–water partition coefficient (Wildman–Crippen LogP) is 1.11. The summed E-state index contributed by atoms with van der Waals surface area (Å²) in [6, 6.07) is 0.427. The number of methoxy groups -OCH3 is 1. The van der Waals surface area contributed by atoms with E-state index in [4.69, 9.17) is 9.84 Å². The molecule has 2 unspecified atom stereocenters. The Morgan fingerprint density at radius 2 is 2.21 bits per heavy atom. The van der Waals surface area contributed by atoms with Crippen molar-refractivity contribution in [2.75, 3.05) is 32.6 Å². The van der Waals surface area contributed by atoms with Crippen molar-refractivity contribution in [3.63, 3.8) is 0 Å².